The molecule has 1 aliphatic heterocycles. The van der Waals surface area contributed by atoms with Crippen LogP contribution >= 0.6 is 0 Å². The van der Waals surface area contributed by atoms with Crippen LogP contribution in [-0.4, -0.2) is 44.3 Å². The summed E-state index contributed by atoms with van der Waals surface area (Å²) in [6.07, 6.45) is 0. The summed E-state index contributed by atoms with van der Waals surface area (Å²) in [6.45, 7) is 0.778. The quantitative estimate of drug-likeness (QED) is 0.642. The molecule has 0 spiro atoms. The van der Waals surface area contributed by atoms with Gasteiger partial charge in [0.05, 0.1) is 21.9 Å². The highest BCUT2D eigenvalue weighted by atomic mass is 32.2. The van der Waals surface area contributed by atoms with Crippen LogP contribution in [0.3, 0.4) is 0 Å². The minimum absolute atomic E-state index is 0.127. The molecule has 0 aromatic heterocycles. The number of benzene rings is 2. The predicted octanol–water partition coefficient (Wildman–Crippen LogP) is 1.86. The van der Waals surface area contributed by atoms with Crippen molar-refractivity contribution in [3.63, 3.8) is 0 Å². The molecule has 0 saturated carbocycles. The van der Waals surface area contributed by atoms with Gasteiger partial charge in [-0.3, -0.25) is 19.6 Å². The fraction of sp³-hybridized carbons (Fsp3) is 0.188. The van der Waals surface area contributed by atoms with Gasteiger partial charge in [-0.15, -0.1) is 0 Å². The fourth-order valence-electron chi connectivity index (χ4n) is 2.45. The topological polar surface area (TPSA) is 119 Å². The maximum Gasteiger partial charge on any atom is 0.269 e. The van der Waals surface area contributed by atoms with Gasteiger partial charge in [-0.25, -0.2) is 8.42 Å². The lowest BCUT2D eigenvalue weighted by molar-refractivity contribution is -0.384. The molecule has 0 bridgehead atoms. The molecule has 1 N–H and O–H groups in total. The number of anilines is 1. The van der Waals surface area contributed by atoms with Crippen molar-refractivity contribution in [3.05, 3.63) is 58.1 Å². The highest BCUT2D eigenvalue weighted by Crippen LogP contribution is 2.27. The van der Waals surface area contributed by atoms with Gasteiger partial charge in [-0.2, -0.15) is 0 Å². The van der Waals surface area contributed by atoms with Crippen molar-refractivity contribution in [2.24, 2.45) is 0 Å². The van der Waals surface area contributed by atoms with Gasteiger partial charge in [0, 0.05) is 24.9 Å². The number of nitro groups is 1. The zero-order valence-electron chi connectivity index (χ0n) is 13.7. The van der Waals surface area contributed by atoms with E-state index in [-0.39, 0.29) is 27.7 Å². The molecular weight excluding hydrogens is 362 g/mol. The molecule has 0 fully saturated rings. The van der Waals surface area contributed by atoms with Crippen molar-refractivity contribution in [2.45, 2.75) is 4.90 Å². The molecule has 2 aromatic rings. The Bertz CT molecular complexity index is 972. The van der Waals surface area contributed by atoms with E-state index in [1.165, 1.54) is 23.1 Å². The van der Waals surface area contributed by atoms with E-state index in [0.717, 1.165) is 24.3 Å². The first-order chi connectivity index (χ1) is 12.3. The van der Waals surface area contributed by atoms with E-state index in [1.807, 2.05) is 0 Å². The fourth-order valence-corrected chi connectivity index (χ4v) is 3.50. The van der Waals surface area contributed by atoms with E-state index in [2.05, 4.69) is 4.72 Å². The highest BCUT2D eigenvalue weighted by Gasteiger charge is 2.23. The normalized spacial score (nSPS) is 14.2. The van der Waals surface area contributed by atoms with E-state index in [1.54, 1.807) is 7.05 Å². The summed E-state index contributed by atoms with van der Waals surface area (Å²) in [5.74, 6) is 0.117. The molecule has 26 heavy (non-hydrogen) atoms. The van der Waals surface area contributed by atoms with Crippen molar-refractivity contribution in [1.29, 1.82) is 0 Å². The SMILES string of the molecule is CN1CCOc2ccc(NS(=O)(=O)c3ccc([N+](=O)[O-])cc3)cc2C1=O. The summed E-state index contributed by atoms with van der Waals surface area (Å²) in [4.78, 5) is 23.7. The smallest absolute Gasteiger partial charge is 0.269 e. The van der Waals surface area contributed by atoms with Crippen LogP contribution in [0.25, 0.3) is 0 Å². The largest absolute Gasteiger partial charge is 0.491 e. The minimum atomic E-state index is -3.96. The zero-order chi connectivity index (χ0) is 18.9. The Labute approximate surface area is 149 Å². The maximum absolute atomic E-state index is 12.5. The predicted molar refractivity (Wildman–Crippen MR) is 92.8 cm³/mol. The Morgan fingerprint density at radius 2 is 1.88 bits per heavy atom. The number of hydrogen-bond donors (Lipinski definition) is 1. The Balaban J connectivity index is 1.89. The number of rotatable bonds is 4. The molecule has 0 unspecified atom stereocenters. The van der Waals surface area contributed by atoms with Gasteiger partial charge in [-0.05, 0) is 30.3 Å². The first kappa shape index (κ1) is 17.7. The van der Waals surface area contributed by atoms with E-state index >= 15 is 0 Å². The van der Waals surface area contributed by atoms with Crippen LogP contribution in [0.4, 0.5) is 11.4 Å². The minimum Gasteiger partial charge on any atom is -0.491 e. The summed E-state index contributed by atoms with van der Waals surface area (Å²) in [6, 6.07) is 8.93. The first-order valence-electron chi connectivity index (χ1n) is 7.57. The summed E-state index contributed by atoms with van der Waals surface area (Å²) in [7, 11) is -2.33. The third-order valence-corrected chi connectivity index (χ3v) is 5.25. The Morgan fingerprint density at radius 3 is 2.54 bits per heavy atom. The molecule has 9 nitrogen and oxygen atoms in total. The van der Waals surface area contributed by atoms with E-state index in [0.29, 0.717) is 18.9 Å². The van der Waals surface area contributed by atoms with Crippen molar-refractivity contribution in [3.8, 4) is 5.75 Å². The summed E-state index contributed by atoms with van der Waals surface area (Å²) in [5.41, 5.74) is 0.239. The van der Waals surface area contributed by atoms with Crippen molar-refractivity contribution >= 4 is 27.3 Å². The van der Waals surface area contributed by atoms with Crippen molar-refractivity contribution in [1.82, 2.24) is 4.90 Å². The molecule has 0 radical (unpaired) electrons. The number of nitrogens with one attached hydrogen (secondary N) is 1. The first-order valence-corrected chi connectivity index (χ1v) is 9.06. The number of nitro benzene ring substituents is 1. The van der Waals surface area contributed by atoms with Crippen LogP contribution in [-0.2, 0) is 10.0 Å². The number of ether oxygens (including phenoxy) is 1. The van der Waals surface area contributed by atoms with Gasteiger partial charge in [0.1, 0.15) is 12.4 Å². The number of carbonyl (C=O) groups is 1. The van der Waals surface area contributed by atoms with Gasteiger partial charge < -0.3 is 9.64 Å². The number of non-ortho nitro benzene ring substituents is 1. The van der Waals surface area contributed by atoms with Gasteiger partial charge in [0.2, 0.25) is 0 Å². The Morgan fingerprint density at radius 1 is 1.19 bits per heavy atom. The summed E-state index contributed by atoms with van der Waals surface area (Å²) in [5, 5.41) is 10.7. The Hall–Kier alpha value is -3.14. The number of nitrogens with zero attached hydrogens (tertiary/aromatic N) is 2. The highest BCUT2D eigenvalue weighted by molar-refractivity contribution is 7.92. The van der Waals surface area contributed by atoms with Crippen LogP contribution in [0, 0.1) is 10.1 Å². The monoisotopic (exact) mass is 377 g/mol. The molecule has 0 saturated heterocycles. The van der Waals surface area contributed by atoms with Crippen LogP contribution in [0.2, 0.25) is 0 Å². The van der Waals surface area contributed by atoms with Gasteiger partial charge in [-0.1, -0.05) is 0 Å². The lowest BCUT2D eigenvalue weighted by Crippen LogP contribution is -2.27. The average Bonchev–Trinajstić information content (AvgIpc) is 2.74. The van der Waals surface area contributed by atoms with Crippen LogP contribution in [0.5, 0.6) is 5.75 Å². The molecule has 0 aliphatic carbocycles. The van der Waals surface area contributed by atoms with Crippen LogP contribution in [0.1, 0.15) is 10.4 Å². The van der Waals surface area contributed by atoms with Crippen LogP contribution in [0.15, 0.2) is 47.4 Å². The summed E-state index contributed by atoms with van der Waals surface area (Å²) < 4.78 is 32.8. The van der Waals surface area contributed by atoms with E-state index in [4.69, 9.17) is 4.74 Å². The molecule has 10 heteroatoms. The lowest BCUT2D eigenvalue weighted by Gasteiger charge is -2.13. The molecule has 2 aromatic carbocycles. The second-order valence-corrected chi connectivity index (χ2v) is 7.33. The maximum atomic E-state index is 12.5. The van der Waals surface area contributed by atoms with Crippen molar-refractivity contribution < 1.29 is 22.9 Å². The van der Waals surface area contributed by atoms with Crippen LogP contribution < -0.4 is 9.46 Å². The van der Waals surface area contributed by atoms with E-state index in [9.17, 15) is 23.3 Å². The molecule has 1 aliphatic rings. The van der Waals surface area contributed by atoms with Crippen molar-refractivity contribution in [2.75, 3.05) is 24.9 Å². The van der Waals surface area contributed by atoms with Gasteiger partial charge in [0.15, 0.2) is 0 Å². The number of likely N-dealkylation sites (N-methyl/N-ethyl adjacent to an activating group) is 1. The molecular formula is C16H15N3O6S. The number of hydrogen-bond acceptors (Lipinski definition) is 6. The number of sulfonamides is 1. The number of carbonyl (C=O) groups excluding carboxylic acids is 1. The number of fused-ring (bicyclic) bond motifs is 1. The molecule has 3 rings (SSSR count). The zero-order valence-corrected chi connectivity index (χ0v) is 14.5. The number of amides is 1. The molecule has 1 amide bonds. The van der Waals surface area contributed by atoms with Gasteiger partial charge >= 0.3 is 0 Å². The second-order valence-electron chi connectivity index (χ2n) is 5.64. The van der Waals surface area contributed by atoms with Gasteiger partial charge in [0.25, 0.3) is 21.6 Å². The average molecular weight is 377 g/mol. The second kappa shape index (κ2) is 6.64. The Kier molecular flexibility index (Phi) is 4.51. The molecule has 136 valence electrons. The third-order valence-electron chi connectivity index (χ3n) is 3.85. The lowest BCUT2D eigenvalue weighted by atomic mass is 10.1. The van der Waals surface area contributed by atoms with E-state index < -0.39 is 14.9 Å². The molecule has 1 heterocycles. The molecule has 0 atom stereocenters. The standard InChI is InChI=1S/C16H15N3O6S/c1-18-8-9-25-15-7-2-11(10-14(15)16(18)20)17-26(23,24)13-5-3-12(4-6-13)19(21)22/h2-7,10,17H,8-9H2,1H3. The summed E-state index contributed by atoms with van der Waals surface area (Å²) >= 11 is 0. The third kappa shape index (κ3) is 3.45.